The SMILES string of the molecule is COc1cc(C)cc(/C=C/c2ccc(C)c(C)c2)c1CC=C(C)C. The minimum Gasteiger partial charge on any atom is -0.496 e. The molecular weight excluding hydrogens is 292 g/mol. The molecule has 0 radical (unpaired) electrons. The second-order valence-electron chi connectivity index (χ2n) is 6.70. The molecule has 0 aliphatic heterocycles. The van der Waals surface area contributed by atoms with Crippen molar-refractivity contribution in [1.82, 2.24) is 0 Å². The van der Waals surface area contributed by atoms with E-state index >= 15 is 0 Å². The maximum atomic E-state index is 5.62. The topological polar surface area (TPSA) is 9.23 Å². The largest absolute Gasteiger partial charge is 0.496 e. The summed E-state index contributed by atoms with van der Waals surface area (Å²) in [5.41, 5.74) is 8.88. The summed E-state index contributed by atoms with van der Waals surface area (Å²) in [5, 5.41) is 0. The Labute approximate surface area is 146 Å². The highest BCUT2D eigenvalue weighted by atomic mass is 16.5. The average molecular weight is 320 g/mol. The molecule has 2 aromatic carbocycles. The van der Waals surface area contributed by atoms with Crippen molar-refractivity contribution < 1.29 is 4.74 Å². The van der Waals surface area contributed by atoms with Crippen molar-refractivity contribution in [2.45, 2.75) is 41.0 Å². The number of rotatable bonds is 5. The van der Waals surface area contributed by atoms with Crippen LogP contribution in [0.3, 0.4) is 0 Å². The molecule has 0 atom stereocenters. The molecule has 0 saturated carbocycles. The molecule has 0 fully saturated rings. The third-order valence-electron chi connectivity index (χ3n) is 4.31. The molecule has 2 aromatic rings. The Balaban J connectivity index is 2.43. The van der Waals surface area contributed by atoms with Crippen LogP contribution >= 0.6 is 0 Å². The number of methoxy groups -OCH3 is 1. The molecule has 0 spiro atoms. The van der Waals surface area contributed by atoms with Gasteiger partial charge in [-0.25, -0.2) is 0 Å². The summed E-state index contributed by atoms with van der Waals surface area (Å²) in [4.78, 5) is 0. The van der Waals surface area contributed by atoms with Crippen LogP contribution in [0.1, 0.15) is 47.2 Å². The molecule has 0 N–H and O–H groups in total. The molecular formula is C23H28O. The zero-order chi connectivity index (χ0) is 17.7. The fourth-order valence-corrected chi connectivity index (χ4v) is 2.72. The molecule has 0 heterocycles. The number of benzene rings is 2. The highest BCUT2D eigenvalue weighted by Crippen LogP contribution is 2.27. The van der Waals surface area contributed by atoms with E-state index in [1.807, 2.05) is 0 Å². The Morgan fingerprint density at radius 3 is 2.33 bits per heavy atom. The summed E-state index contributed by atoms with van der Waals surface area (Å²) < 4.78 is 5.62. The summed E-state index contributed by atoms with van der Waals surface area (Å²) >= 11 is 0. The van der Waals surface area contributed by atoms with Gasteiger partial charge in [0.2, 0.25) is 0 Å². The monoisotopic (exact) mass is 320 g/mol. The van der Waals surface area contributed by atoms with Crippen molar-refractivity contribution >= 4 is 12.2 Å². The fraction of sp³-hybridized carbons (Fsp3) is 0.304. The van der Waals surface area contributed by atoms with Crippen LogP contribution in [0.2, 0.25) is 0 Å². The van der Waals surface area contributed by atoms with Gasteiger partial charge in [-0.05, 0) is 74.9 Å². The van der Waals surface area contributed by atoms with E-state index in [-0.39, 0.29) is 0 Å². The van der Waals surface area contributed by atoms with E-state index in [0.717, 1.165) is 12.2 Å². The number of ether oxygens (including phenoxy) is 1. The number of hydrogen-bond acceptors (Lipinski definition) is 1. The molecule has 2 rings (SSSR count). The van der Waals surface area contributed by atoms with E-state index in [1.165, 1.54) is 39.0 Å². The second kappa shape index (κ2) is 8.01. The number of hydrogen-bond donors (Lipinski definition) is 0. The van der Waals surface area contributed by atoms with E-state index in [1.54, 1.807) is 7.11 Å². The molecule has 0 unspecified atom stereocenters. The summed E-state index contributed by atoms with van der Waals surface area (Å²) in [6.07, 6.45) is 7.53. The first kappa shape index (κ1) is 18.1. The van der Waals surface area contributed by atoms with E-state index in [0.29, 0.717) is 0 Å². The van der Waals surface area contributed by atoms with Gasteiger partial charge in [-0.15, -0.1) is 0 Å². The number of aryl methyl sites for hydroxylation is 3. The Morgan fingerprint density at radius 2 is 1.71 bits per heavy atom. The van der Waals surface area contributed by atoms with Crippen LogP contribution < -0.4 is 4.74 Å². The van der Waals surface area contributed by atoms with Crippen LogP contribution in [0.5, 0.6) is 5.75 Å². The van der Waals surface area contributed by atoms with Gasteiger partial charge in [0.15, 0.2) is 0 Å². The highest BCUT2D eigenvalue weighted by Gasteiger charge is 2.08. The summed E-state index contributed by atoms with van der Waals surface area (Å²) in [7, 11) is 1.75. The lowest BCUT2D eigenvalue weighted by Crippen LogP contribution is -1.96. The molecule has 126 valence electrons. The van der Waals surface area contributed by atoms with Crippen LogP contribution in [0, 0.1) is 20.8 Å². The predicted molar refractivity (Wildman–Crippen MR) is 106 cm³/mol. The summed E-state index contributed by atoms with van der Waals surface area (Å²) in [6, 6.07) is 10.9. The maximum absolute atomic E-state index is 5.62. The van der Waals surface area contributed by atoms with E-state index in [2.05, 4.69) is 83.2 Å². The molecule has 24 heavy (non-hydrogen) atoms. The Bertz CT molecular complexity index is 775. The normalized spacial score (nSPS) is 10.9. The molecule has 0 saturated heterocycles. The Kier molecular flexibility index (Phi) is 6.03. The molecule has 0 amide bonds. The molecule has 0 aromatic heterocycles. The maximum Gasteiger partial charge on any atom is 0.123 e. The van der Waals surface area contributed by atoms with Gasteiger partial charge in [0.25, 0.3) is 0 Å². The molecule has 1 nitrogen and oxygen atoms in total. The van der Waals surface area contributed by atoms with Crippen molar-refractivity contribution in [3.8, 4) is 5.75 Å². The zero-order valence-corrected chi connectivity index (χ0v) is 15.7. The second-order valence-corrected chi connectivity index (χ2v) is 6.70. The first-order valence-corrected chi connectivity index (χ1v) is 8.47. The van der Waals surface area contributed by atoms with Crippen molar-refractivity contribution in [3.05, 3.63) is 75.4 Å². The Hall–Kier alpha value is -2.28. The van der Waals surface area contributed by atoms with Crippen molar-refractivity contribution in [2.24, 2.45) is 0 Å². The van der Waals surface area contributed by atoms with Gasteiger partial charge in [0.05, 0.1) is 7.11 Å². The van der Waals surface area contributed by atoms with E-state index in [9.17, 15) is 0 Å². The molecule has 0 aliphatic carbocycles. The van der Waals surface area contributed by atoms with Crippen molar-refractivity contribution in [1.29, 1.82) is 0 Å². The molecule has 0 bridgehead atoms. The minimum atomic E-state index is 0.887. The van der Waals surface area contributed by atoms with E-state index in [4.69, 9.17) is 4.74 Å². The first-order chi connectivity index (χ1) is 11.4. The van der Waals surface area contributed by atoms with Gasteiger partial charge in [0, 0.05) is 5.56 Å². The van der Waals surface area contributed by atoms with Gasteiger partial charge < -0.3 is 4.74 Å². The Morgan fingerprint density at radius 1 is 0.958 bits per heavy atom. The van der Waals surface area contributed by atoms with Crippen LogP contribution in [0.15, 0.2) is 42.0 Å². The van der Waals surface area contributed by atoms with Gasteiger partial charge in [-0.2, -0.15) is 0 Å². The van der Waals surface area contributed by atoms with Crippen LogP contribution in [-0.2, 0) is 6.42 Å². The zero-order valence-electron chi connectivity index (χ0n) is 15.7. The van der Waals surface area contributed by atoms with Gasteiger partial charge in [-0.1, -0.05) is 48.1 Å². The molecule has 0 aliphatic rings. The average Bonchev–Trinajstić information content (AvgIpc) is 2.54. The third-order valence-corrected chi connectivity index (χ3v) is 4.31. The smallest absolute Gasteiger partial charge is 0.123 e. The van der Waals surface area contributed by atoms with E-state index < -0.39 is 0 Å². The number of allylic oxidation sites excluding steroid dienone is 2. The van der Waals surface area contributed by atoms with Crippen molar-refractivity contribution in [2.75, 3.05) is 7.11 Å². The van der Waals surface area contributed by atoms with Gasteiger partial charge in [-0.3, -0.25) is 0 Å². The third kappa shape index (κ3) is 4.61. The predicted octanol–water partition coefficient (Wildman–Crippen LogP) is 6.30. The molecule has 1 heteroatoms. The lowest BCUT2D eigenvalue weighted by Gasteiger charge is -2.12. The quantitative estimate of drug-likeness (QED) is 0.464. The standard InChI is InChI=1S/C23H28O/c1-16(2)7-12-22-21(13-17(3)14-23(22)24-6)11-10-20-9-8-18(4)19(5)15-20/h7-11,13-15H,12H2,1-6H3/b11-10+. The highest BCUT2D eigenvalue weighted by molar-refractivity contribution is 5.73. The fourth-order valence-electron chi connectivity index (χ4n) is 2.72. The summed E-state index contributed by atoms with van der Waals surface area (Å²) in [5.74, 6) is 0.965. The van der Waals surface area contributed by atoms with Gasteiger partial charge >= 0.3 is 0 Å². The summed E-state index contributed by atoms with van der Waals surface area (Å²) in [6.45, 7) is 10.7. The van der Waals surface area contributed by atoms with Gasteiger partial charge in [0.1, 0.15) is 5.75 Å². The lowest BCUT2D eigenvalue weighted by atomic mass is 9.98. The van der Waals surface area contributed by atoms with Crippen LogP contribution in [0.25, 0.3) is 12.2 Å². The van der Waals surface area contributed by atoms with Crippen molar-refractivity contribution in [3.63, 3.8) is 0 Å². The lowest BCUT2D eigenvalue weighted by molar-refractivity contribution is 0.410. The van der Waals surface area contributed by atoms with Crippen LogP contribution in [-0.4, -0.2) is 7.11 Å². The first-order valence-electron chi connectivity index (χ1n) is 8.47. The van der Waals surface area contributed by atoms with Crippen LogP contribution in [0.4, 0.5) is 0 Å². The minimum absolute atomic E-state index is 0.887.